The van der Waals surface area contributed by atoms with Gasteiger partial charge in [0.1, 0.15) is 18.8 Å². The van der Waals surface area contributed by atoms with Gasteiger partial charge in [0.05, 0.1) is 13.1 Å². The molecule has 3 aliphatic rings. The predicted molar refractivity (Wildman–Crippen MR) is 145 cm³/mol. The van der Waals surface area contributed by atoms with E-state index in [1.165, 1.54) is 0 Å². The summed E-state index contributed by atoms with van der Waals surface area (Å²) in [7, 11) is 0. The number of anilines is 1. The van der Waals surface area contributed by atoms with Gasteiger partial charge in [-0.05, 0) is 29.8 Å². The number of aromatic nitrogens is 1. The number of carboxylic acid groups (broad SMARTS) is 2. The highest BCUT2D eigenvalue weighted by Gasteiger charge is 2.49. The first-order valence-electron chi connectivity index (χ1n) is 12.9. The summed E-state index contributed by atoms with van der Waals surface area (Å²) in [5, 5.41) is 18.5. The van der Waals surface area contributed by atoms with Crippen molar-refractivity contribution in [3.05, 3.63) is 96.3 Å². The number of esters is 1. The number of pyridine rings is 1. The third-order valence-corrected chi connectivity index (χ3v) is 7.19. The number of para-hydroxylation sites is 1. The fraction of sp³-hybridized carbons (Fsp3) is 0.300. The van der Waals surface area contributed by atoms with Crippen molar-refractivity contribution in [3.8, 4) is 0 Å². The summed E-state index contributed by atoms with van der Waals surface area (Å²) < 4.78 is 6.85. The molecule has 0 unspecified atom stereocenters. The number of hydrogen-bond acceptors (Lipinski definition) is 8. The van der Waals surface area contributed by atoms with Crippen molar-refractivity contribution in [1.82, 2.24) is 4.98 Å². The highest BCUT2D eigenvalue weighted by Crippen LogP contribution is 2.36. The molecule has 0 aliphatic carbocycles. The van der Waals surface area contributed by atoms with Crippen LogP contribution in [0.2, 0.25) is 0 Å². The second-order valence-corrected chi connectivity index (χ2v) is 9.64. The van der Waals surface area contributed by atoms with Crippen molar-refractivity contribution in [2.75, 3.05) is 31.5 Å². The Morgan fingerprint density at radius 2 is 1.57 bits per heavy atom. The molecule has 2 bridgehead atoms. The van der Waals surface area contributed by atoms with Crippen LogP contribution in [0.4, 0.5) is 5.69 Å². The number of Topliss-reactive ketones (excluding diaryl/α,β-unsaturated/α-hetero) is 1. The van der Waals surface area contributed by atoms with Crippen molar-refractivity contribution in [2.45, 2.75) is 25.0 Å². The van der Waals surface area contributed by atoms with Gasteiger partial charge in [0, 0.05) is 37.1 Å². The number of rotatable bonds is 8. The Morgan fingerprint density at radius 1 is 1.00 bits per heavy atom. The number of fused-ring (bicyclic) bond motifs is 3. The van der Waals surface area contributed by atoms with Crippen LogP contribution in [0.1, 0.15) is 34.9 Å². The zero-order valence-electron chi connectivity index (χ0n) is 22.0. The van der Waals surface area contributed by atoms with Gasteiger partial charge in [0.2, 0.25) is 5.78 Å². The van der Waals surface area contributed by atoms with Gasteiger partial charge < -0.3 is 29.5 Å². The maximum atomic E-state index is 13.5. The van der Waals surface area contributed by atoms with E-state index in [1.54, 1.807) is 12.3 Å². The number of piperidine rings is 3. The number of ketones is 1. The van der Waals surface area contributed by atoms with E-state index in [-0.39, 0.29) is 24.3 Å². The second kappa shape index (κ2) is 15.1. The van der Waals surface area contributed by atoms with Gasteiger partial charge in [-0.25, -0.2) is 4.79 Å². The molecule has 210 valence electrons. The summed E-state index contributed by atoms with van der Waals surface area (Å²) in [4.78, 5) is 47.2. The Kier molecular flexibility index (Phi) is 11.3. The van der Waals surface area contributed by atoms with E-state index in [9.17, 15) is 9.59 Å². The highest BCUT2D eigenvalue weighted by atomic mass is 16.5. The quantitative estimate of drug-likeness (QED) is 0.188. The molecule has 6 rings (SSSR count). The minimum atomic E-state index is -0.595. The van der Waals surface area contributed by atoms with E-state index in [0.717, 1.165) is 37.2 Å². The van der Waals surface area contributed by atoms with Crippen molar-refractivity contribution >= 4 is 30.4 Å². The zero-order valence-corrected chi connectivity index (χ0v) is 22.0. The second-order valence-electron chi connectivity index (χ2n) is 9.64. The van der Waals surface area contributed by atoms with Crippen molar-refractivity contribution in [1.29, 1.82) is 0 Å². The van der Waals surface area contributed by atoms with Gasteiger partial charge in [-0.15, -0.1) is 0 Å². The van der Waals surface area contributed by atoms with E-state index >= 15 is 0 Å². The molecule has 2 N–H and O–H groups in total. The van der Waals surface area contributed by atoms with Crippen LogP contribution in [-0.2, 0) is 19.1 Å². The lowest BCUT2D eigenvalue weighted by Gasteiger charge is -2.51. The van der Waals surface area contributed by atoms with Crippen LogP contribution >= 0.6 is 0 Å². The topological polar surface area (TPSA) is 146 Å². The summed E-state index contributed by atoms with van der Waals surface area (Å²) >= 11 is 0. The summed E-state index contributed by atoms with van der Waals surface area (Å²) in [6.45, 7) is 2.23. The molecule has 3 saturated heterocycles. The standard InChI is InChI=1S/C28H30N3O3.2CH2O2/c32-25(24-13-7-8-16-29-24)19-31-17-14-21(15-18-31)26(20-31)34-28(33)27(22-9-3-1-4-10-22)30-23-11-5-2-6-12-23;2*2-1-3/h1-13,16,21,26-27,30H,14-15,17-20H2;2*1H,(H,2,3)/q+1;;/p-1/t21?,26-,27+,31?;;/m0../s1. The molecule has 3 aromatic rings. The molecule has 10 heteroatoms. The lowest BCUT2D eigenvalue weighted by atomic mass is 9.83. The average molecular weight is 548 g/mol. The third kappa shape index (κ3) is 8.21. The lowest BCUT2D eigenvalue weighted by molar-refractivity contribution is -0.938. The first-order valence-corrected chi connectivity index (χ1v) is 12.9. The molecule has 4 heterocycles. The van der Waals surface area contributed by atoms with Gasteiger partial charge in [-0.3, -0.25) is 14.6 Å². The van der Waals surface area contributed by atoms with Crippen LogP contribution in [-0.4, -0.2) is 71.6 Å². The minimum absolute atomic E-state index is 0.0546. The largest absolute Gasteiger partial charge is 0.554 e. The molecule has 2 aromatic carbocycles. The van der Waals surface area contributed by atoms with Crippen molar-refractivity contribution in [3.63, 3.8) is 0 Å². The Bertz CT molecular complexity index is 1210. The average Bonchev–Trinajstić information content (AvgIpc) is 2.98. The zero-order chi connectivity index (χ0) is 28.8. The number of hydrogen-bond donors (Lipinski definition) is 2. The van der Waals surface area contributed by atoms with Gasteiger partial charge in [0.15, 0.2) is 12.1 Å². The summed E-state index contributed by atoms with van der Waals surface area (Å²) in [5.41, 5.74) is 2.24. The number of benzene rings is 2. The normalized spacial score (nSPS) is 21.2. The van der Waals surface area contributed by atoms with Gasteiger partial charge in [0.25, 0.3) is 6.47 Å². The smallest absolute Gasteiger partial charge is 0.333 e. The van der Waals surface area contributed by atoms with Gasteiger partial charge in [-0.1, -0.05) is 54.6 Å². The summed E-state index contributed by atoms with van der Waals surface area (Å²) in [6.07, 6.45) is 3.41. The number of nitrogens with zero attached hydrogens (tertiary/aromatic N) is 2. The Labute approximate surface area is 232 Å². The van der Waals surface area contributed by atoms with E-state index < -0.39 is 12.5 Å². The minimum Gasteiger partial charge on any atom is -0.554 e. The molecule has 3 aliphatic heterocycles. The molecule has 40 heavy (non-hydrogen) atoms. The van der Waals surface area contributed by atoms with Crippen LogP contribution in [0.25, 0.3) is 0 Å². The van der Waals surface area contributed by atoms with Crippen molar-refractivity contribution in [2.24, 2.45) is 5.92 Å². The van der Waals surface area contributed by atoms with Crippen LogP contribution in [0.15, 0.2) is 85.1 Å². The van der Waals surface area contributed by atoms with E-state index in [1.807, 2.05) is 72.8 Å². The Balaban J connectivity index is 0.000000676. The first-order chi connectivity index (χ1) is 19.4. The number of ether oxygens (including phenoxy) is 1. The van der Waals surface area contributed by atoms with Gasteiger partial charge in [-0.2, -0.15) is 0 Å². The Hall–Kier alpha value is -4.57. The SMILES string of the molecule is O=C(C[N+]12CCC(CC1)[C@@H](OC(=O)[C@H](Nc1ccccc1)c1ccccc1)C2)c1ccccn1.O=CO.O=C[O-]. The van der Waals surface area contributed by atoms with Crippen molar-refractivity contribution < 1.29 is 38.6 Å². The molecule has 3 fully saturated rings. The molecule has 0 amide bonds. The van der Waals surface area contributed by atoms with Crippen LogP contribution < -0.4 is 10.4 Å². The summed E-state index contributed by atoms with van der Waals surface area (Å²) in [6, 6.07) is 24.2. The fourth-order valence-corrected chi connectivity index (χ4v) is 5.33. The van der Waals surface area contributed by atoms with Crippen LogP contribution in [0.3, 0.4) is 0 Å². The molecule has 10 nitrogen and oxygen atoms in total. The van der Waals surface area contributed by atoms with Crippen LogP contribution in [0, 0.1) is 5.92 Å². The third-order valence-electron chi connectivity index (χ3n) is 7.19. The maximum Gasteiger partial charge on any atom is 0.333 e. The molecule has 1 aromatic heterocycles. The number of quaternary nitrogens is 1. The van der Waals surface area contributed by atoms with E-state index in [4.69, 9.17) is 24.5 Å². The van der Waals surface area contributed by atoms with E-state index in [2.05, 4.69) is 10.3 Å². The van der Waals surface area contributed by atoms with Crippen LogP contribution in [0.5, 0.6) is 0 Å². The maximum absolute atomic E-state index is 13.5. The monoisotopic (exact) mass is 547 g/mol. The molecular weight excluding hydrogens is 514 g/mol. The Morgan fingerprint density at radius 3 is 2.15 bits per heavy atom. The highest BCUT2D eigenvalue weighted by molar-refractivity contribution is 5.95. The molecule has 0 radical (unpaired) electrons. The predicted octanol–water partition coefficient (Wildman–Crippen LogP) is 2.34. The molecule has 0 spiro atoms. The molecule has 0 saturated carbocycles. The van der Waals surface area contributed by atoms with Gasteiger partial charge >= 0.3 is 5.97 Å². The fourth-order valence-electron chi connectivity index (χ4n) is 5.33. The number of carbonyl (C=O) groups is 4. The first kappa shape index (κ1) is 30.0. The van der Waals surface area contributed by atoms with E-state index in [0.29, 0.717) is 29.2 Å². The number of nitrogens with one attached hydrogen (secondary N) is 1. The number of carbonyl (C=O) groups excluding carboxylic acids is 3. The molecular formula is C30H33N3O7. The summed E-state index contributed by atoms with van der Waals surface area (Å²) in [5.74, 6) is 0.129. The lowest BCUT2D eigenvalue weighted by Crippen LogP contribution is -2.65. The molecule has 2 atom stereocenters.